The molecule has 2 amide bonds. The Morgan fingerprint density at radius 1 is 1.50 bits per heavy atom. The molecule has 1 heterocycles. The van der Waals surface area contributed by atoms with Crippen molar-refractivity contribution in [2.45, 2.75) is 32.4 Å². The van der Waals surface area contributed by atoms with Gasteiger partial charge in [0.2, 0.25) is 5.91 Å². The summed E-state index contributed by atoms with van der Waals surface area (Å²) in [5.74, 6) is 0.822. The van der Waals surface area contributed by atoms with E-state index in [2.05, 4.69) is 5.32 Å². The Morgan fingerprint density at radius 2 is 2.17 bits per heavy atom. The lowest BCUT2D eigenvalue weighted by molar-refractivity contribution is -0.133. The largest absolute Gasteiger partial charge is 0.444 e. The zero-order valence-electron chi connectivity index (χ0n) is 10.8. The predicted octanol–water partition coefficient (Wildman–Crippen LogP) is 0.611. The number of alkyl carbamates (subject to hydrolysis) is 1. The van der Waals surface area contributed by atoms with E-state index in [1.807, 2.05) is 0 Å². The van der Waals surface area contributed by atoms with Gasteiger partial charge in [-0.05, 0) is 20.8 Å². The summed E-state index contributed by atoms with van der Waals surface area (Å²) in [6, 6.07) is -0.386. The van der Waals surface area contributed by atoms with Crippen molar-refractivity contribution < 1.29 is 19.1 Å². The average molecular weight is 274 g/mol. The lowest BCUT2D eigenvalue weighted by Crippen LogP contribution is -2.44. The number of ether oxygens (including phenoxy) is 1. The number of thioether (sulfide) groups is 1. The van der Waals surface area contributed by atoms with Gasteiger partial charge in [0.15, 0.2) is 0 Å². The molecule has 0 aromatic carbocycles. The Morgan fingerprint density at radius 3 is 2.72 bits per heavy atom. The van der Waals surface area contributed by atoms with Gasteiger partial charge >= 0.3 is 6.09 Å². The summed E-state index contributed by atoms with van der Waals surface area (Å²) in [6.45, 7) is 5.08. The van der Waals surface area contributed by atoms with E-state index in [0.29, 0.717) is 11.6 Å². The van der Waals surface area contributed by atoms with Gasteiger partial charge in [-0.2, -0.15) is 0 Å². The van der Waals surface area contributed by atoms with Crippen molar-refractivity contribution in [3.05, 3.63) is 0 Å². The monoisotopic (exact) mass is 274 g/mol. The van der Waals surface area contributed by atoms with Crippen molar-refractivity contribution in [2.75, 3.05) is 18.2 Å². The average Bonchev–Trinajstić information content (AvgIpc) is 2.71. The van der Waals surface area contributed by atoms with Crippen LogP contribution in [0.15, 0.2) is 0 Å². The highest BCUT2D eigenvalue weighted by atomic mass is 32.2. The minimum Gasteiger partial charge on any atom is -0.444 e. The molecule has 18 heavy (non-hydrogen) atoms. The van der Waals surface area contributed by atoms with Gasteiger partial charge < -0.3 is 19.7 Å². The minimum absolute atomic E-state index is 0.153. The van der Waals surface area contributed by atoms with Gasteiger partial charge in [0.05, 0.1) is 11.9 Å². The van der Waals surface area contributed by atoms with Gasteiger partial charge in [0.1, 0.15) is 18.4 Å². The van der Waals surface area contributed by atoms with Crippen molar-refractivity contribution in [1.82, 2.24) is 10.2 Å². The molecule has 1 aliphatic heterocycles. The molecule has 1 atom stereocenters. The Hall–Kier alpha value is -1.24. The fourth-order valence-corrected chi connectivity index (χ4v) is 2.53. The first kappa shape index (κ1) is 14.8. The number of nitrogens with one attached hydrogen (secondary N) is 1. The maximum atomic E-state index is 11.8. The first-order valence-electron chi connectivity index (χ1n) is 5.63. The predicted molar refractivity (Wildman–Crippen MR) is 68.3 cm³/mol. The molecule has 7 heteroatoms. The van der Waals surface area contributed by atoms with Crippen LogP contribution in [-0.2, 0) is 14.3 Å². The highest BCUT2D eigenvalue weighted by Crippen LogP contribution is 2.19. The van der Waals surface area contributed by atoms with Crippen LogP contribution in [0.3, 0.4) is 0 Å². The van der Waals surface area contributed by atoms with E-state index in [-0.39, 0.29) is 18.5 Å². The van der Waals surface area contributed by atoms with Crippen LogP contribution in [0.5, 0.6) is 0 Å². The summed E-state index contributed by atoms with van der Waals surface area (Å²) in [5, 5.41) is 2.38. The maximum Gasteiger partial charge on any atom is 0.408 e. The van der Waals surface area contributed by atoms with Crippen LogP contribution in [0, 0.1) is 0 Å². The Labute approximate surface area is 110 Å². The molecule has 0 aromatic rings. The highest BCUT2D eigenvalue weighted by Gasteiger charge is 2.29. The summed E-state index contributed by atoms with van der Waals surface area (Å²) in [7, 11) is 0. The Balaban J connectivity index is 2.37. The van der Waals surface area contributed by atoms with Crippen molar-refractivity contribution in [2.24, 2.45) is 0 Å². The first-order chi connectivity index (χ1) is 8.33. The van der Waals surface area contributed by atoms with E-state index in [1.54, 1.807) is 20.8 Å². The van der Waals surface area contributed by atoms with Gasteiger partial charge in [-0.15, -0.1) is 11.8 Å². The fourth-order valence-electron chi connectivity index (χ4n) is 1.39. The summed E-state index contributed by atoms with van der Waals surface area (Å²) in [6.07, 6.45) is 0.121. The number of nitrogens with zero attached hydrogens (tertiary/aromatic N) is 1. The number of aldehydes is 1. The molecule has 102 valence electrons. The van der Waals surface area contributed by atoms with Crippen LogP contribution in [0.1, 0.15) is 20.8 Å². The molecular weight excluding hydrogens is 256 g/mol. The van der Waals surface area contributed by atoms with Crippen LogP contribution in [0.2, 0.25) is 0 Å². The molecule has 1 saturated heterocycles. The van der Waals surface area contributed by atoms with Crippen LogP contribution >= 0.6 is 11.8 Å². The van der Waals surface area contributed by atoms with Crippen molar-refractivity contribution >= 4 is 30.0 Å². The van der Waals surface area contributed by atoms with E-state index in [4.69, 9.17) is 4.74 Å². The molecule has 6 nitrogen and oxygen atoms in total. The number of amides is 2. The topological polar surface area (TPSA) is 75.7 Å². The quantitative estimate of drug-likeness (QED) is 0.763. The Bertz CT molecular complexity index is 340. The van der Waals surface area contributed by atoms with Crippen LogP contribution in [-0.4, -0.2) is 53.0 Å². The van der Waals surface area contributed by atoms with Crippen molar-refractivity contribution in [1.29, 1.82) is 0 Å². The molecule has 0 aromatic heterocycles. The van der Waals surface area contributed by atoms with Gasteiger partial charge in [0, 0.05) is 5.75 Å². The third kappa shape index (κ3) is 4.56. The van der Waals surface area contributed by atoms with Crippen molar-refractivity contribution in [3.8, 4) is 0 Å². The van der Waals surface area contributed by atoms with Crippen LogP contribution < -0.4 is 5.32 Å². The van der Waals surface area contributed by atoms with Gasteiger partial charge in [-0.1, -0.05) is 0 Å². The minimum atomic E-state index is -0.634. The third-order valence-electron chi connectivity index (χ3n) is 2.18. The second-order valence-electron chi connectivity index (χ2n) is 4.92. The SMILES string of the molecule is CC(C)(C)OC(=O)NCC(=O)N1CSC[C@@H]1C=O. The second-order valence-corrected chi connectivity index (χ2v) is 5.92. The van der Waals surface area contributed by atoms with E-state index >= 15 is 0 Å². The van der Waals surface area contributed by atoms with Crippen molar-refractivity contribution in [3.63, 3.8) is 0 Å². The number of carbonyl (C=O) groups excluding carboxylic acids is 3. The van der Waals surface area contributed by atoms with Gasteiger partial charge in [0.25, 0.3) is 0 Å². The molecule has 0 unspecified atom stereocenters. The number of hydrogen-bond donors (Lipinski definition) is 1. The summed E-state index contributed by atoms with van der Waals surface area (Å²) in [4.78, 5) is 35.3. The Kier molecular flexibility index (Phi) is 5.01. The van der Waals surface area contributed by atoms with E-state index < -0.39 is 11.7 Å². The molecule has 0 aliphatic carbocycles. The first-order valence-corrected chi connectivity index (χ1v) is 6.78. The normalized spacial score (nSPS) is 19.5. The number of carbonyl (C=O) groups is 3. The number of rotatable bonds is 3. The summed E-state index contributed by atoms with van der Waals surface area (Å²) < 4.78 is 5.01. The highest BCUT2D eigenvalue weighted by molar-refractivity contribution is 7.99. The zero-order valence-corrected chi connectivity index (χ0v) is 11.6. The molecule has 0 bridgehead atoms. The molecule has 1 fully saturated rings. The molecule has 0 radical (unpaired) electrons. The lowest BCUT2D eigenvalue weighted by Gasteiger charge is -2.22. The maximum absolute atomic E-state index is 11.8. The molecule has 0 spiro atoms. The van der Waals surface area contributed by atoms with E-state index in [1.165, 1.54) is 16.7 Å². The smallest absolute Gasteiger partial charge is 0.408 e. The van der Waals surface area contributed by atoms with E-state index in [9.17, 15) is 14.4 Å². The van der Waals surface area contributed by atoms with Crippen LogP contribution in [0.25, 0.3) is 0 Å². The standard InChI is InChI=1S/C11H18N2O4S/c1-11(2,3)17-10(16)12-4-9(15)13-7-18-6-8(13)5-14/h5,8H,4,6-7H2,1-3H3,(H,12,16)/t8-/m0/s1. The lowest BCUT2D eigenvalue weighted by atomic mass is 10.2. The zero-order chi connectivity index (χ0) is 13.8. The third-order valence-corrected chi connectivity index (χ3v) is 3.22. The summed E-state index contributed by atoms with van der Waals surface area (Å²) in [5.41, 5.74) is -0.595. The molecule has 1 N–H and O–H groups in total. The number of hydrogen-bond acceptors (Lipinski definition) is 5. The fraction of sp³-hybridized carbons (Fsp3) is 0.727. The van der Waals surface area contributed by atoms with E-state index in [0.717, 1.165) is 6.29 Å². The van der Waals surface area contributed by atoms with Gasteiger partial charge in [-0.3, -0.25) is 4.79 Å². The second kappa shape index (κ2) is 6.08. The molecular formula is C11H18N2O4S. The molecule has 1 aliphatic rings. The summed E-state index contributed by atoms with van der Waals surface area (Å²) >= 11 is 1.52. The molecule has 0 saturated carbocycles. The molecule has 1 rings (SSSR count). The van der Waals surface area contributed by atoms with Crippen LogP contribution in [0.4, 0.5) is 4.79 Å². The van der Waals surface area contributed by atoms with Gasteiger partial charge in [-0.25, -0.2) is 4.79 Å².